The van der Waals surface area contributed by atoms with Gasteiger partial charge in [-0.3, -0.25) is 0 Å². The zero-order valence-electron chi connectivity index (χ0n) is 20.2. The van der Waals surface area contributed by atoms with E-state index in [-0.39, 0.29) is 11.8 Å². The summed E-state index contributed by atoms with van der Waals surface area (Å²) in [5.41, 5.74) is 0.968. The van der Waals surface area contributed by atoms with Crippen LogP contribution in [0.25, 0.3) is 6.08 Å². The Bertz CT molecular complexity index is 972. The second-order valence-electron chi connectivity index (χ2n) is 9.26. The van der Waals surface area contributed by atoms with Gasteiger partial charge in [-0.2, -0.15) is 13.2 Å². The molecule has 0 aliphatic carbocycles. The van der Waals surface area contributed by atoms with E-state index in [0.29, 0.717) is 43.1 Å². The Morgan fingerprint density at radius 2 is 1.49 bits per heavy atom. The first-order chi connectivity index (χ1) is 16.4. The zero-order chi connectivity index (χ0) is 25.9. The molecule has 0 radical (unpaired) electrons. The molecule has 0 bridgehead atoms. The van der Waals surface area contributed by atoms with Gasteiger partial charge in [0, 0.05) is 12.5 Å². The minimum absolute atomic E-state index is 0.0822. The average molecular weight is 493 g/mol. The summed E-state index contributed by atoms with van der Waals surface area (Å²) in [6, 6.07) is 13.0. The van der Waals surface area contributed by atoms with Gasteiger partial charge >= 0.3 is 18.1 Å². The number of halogens is 3. The third-order valence-electron chi connectivity index (χ3n) is 4.61. The van der Waals surface area contributed by atoms with E-state index in [4.69, 9.17) is 14.2 Å². The molecule has 0 aliphatic rings. The smallest absolute Gasteiger partial charge is 0.389 e. The third-order valence-corrected chi connectivity index (χ3v) is 4.61. The topological polar surface area (TPSA) is 61.8 Å². The maximum absolute atomic E-state index is 12.4. The van der Waals surface area contributed by atoms with Gasteiger partial charge in [0.25, 0.3) is 0 Å². The molecule has 0 saturated carbocycles. The maximum atomic E-state index is 12.4. The van der Waals surface area contributed by atoms with Crippen molar-refractivity contribution < 1.29 is 37.0 Å². The molecule has 190 valence electrons. The van der Waals surface area contributed by atoms with Crippen molar-refractivity contribution in [2.24, 2.45) is 5.41 Å². The van der Waals surface area contributed by atoms with Crippen LogP contribution < -0.4 is 9.47 Å². The number of ether oxygens (including phenoxy) is 3. The van der Waals surface area contributed by atoms with Crippen molar-refractivity contribution in [1.82, 2.24) is 0 Å². The number of hydrogen-bond acceptors (Lipinski definition) is 5. The second-order valence-corrected chi connectivity index (χ2v) is 9.26. The van der Waals surface area contributed by atoms with E-state index in [2.05, 4.69) is 0 Å². The Hall–Kier alpha value is -3.29. The molecule has 0 saturated heterocycles. The van der Waals surface area contributed by atoms with Gasteiger partial charge in [-0.15, -0.1) is 0 Å². The fourth-order valence-electron chi connectivity index (χ4n) is 2.79. The number of carbonyl (C=O) groups excluding carboxylic acids is 2. The highest BCUT2D eigenvalue weighted by molar-refractivity contribution is 5.91. The molecule has 0 N–H and O–H groups in total. The van der Waals surface area contributed by atoms with E-state index in [1.165, 1.54) is 6.08 Å². The van der Waals surface area contributed by atoms with Crippen LogP contribution in [-0.2, 0) is 9.53 Å². The van der Waals surface area contributed by atoms with E-state index in [9.17, 15) is 22.8 Å². The summed E-state index contributed by atoms with van der Waals surface area (Å²) in [6.07, 6.45) is -0.909. The Labute approximate surface area is 203 Å². The van der Waals surface area contributed by atoms with Crippen molar-refractivity contribution in [3.8, 4) is 11.5 Å². The molecule has 0 spiro atoms. The van der Waals surface area contributed by atoms with Gasteiger partial charge in [0.05, 0.1) is 18.8 Å². The van der Waals surface area contributed by atoms with Crippen molar-refractivity contribution in [3.63, 3.8) is 0 Å². The number of alkyl halides is 3. The Morgan fingerprint density at radius 3 is 2.09 bits per heavy atom. The van der Waals surface area contributed by atoms with Crippen molar-refractivity contribution in [1.29, 1.82) is 0 Å². The van der Waals surface area contributed by atoms with E-state index >= 15 is 0 Å². The molecule has 5 nitrogen and oxygen atoms in total. The summed E-state index contributed by atoms with van der Waals surface area (Å²) in [4.78, 5) is 24.1. The van der Waals surface area contributed by atoms with Crippen LogP contribution in [-0.4, -0.2) is 31.3 Å². The van der Waals surface area contributed by atoms with Gasteiger partial charge in [0.15, 0.2) is 0 Å². The van der Waals surface area contributed by atoms with Gasteiger partial charge < -0.3 is 14.2 Å². The van der Waals surface area contributed by atoms with Gasteiger partial charge in [0.2, 0.25) is 0 Å². The first-order valence-electron chi connectivity index (χ1n) is 11.4. The van der Waals surface area contributed by atoms with E-state index in [1.807, 2.05) is 20.8 Å². The molecule has 8 heteroatoms. The third kappa shape index (κ3) is 12.1. The van der Waals surface area contributed by atoms with Crippen LogP contribution in [0.4, 0.5) is 13.2 Å². The predicted molar refractivity (Wildman–Crippen MR) is 127 cm³/mol. The number of rotatable bonds is 11. The van der Waals surface area contributed by atoms with Crippen LogP contribution in [0.5, 0.6) is 11.5 Å². The lowest BCUT2D eigenvalue weighted by Gasteiger charge is -2.16. The van der Waals surface area contributed by atoms with Crippen molar-refractivity contribution in [3.05, 3.63) is 65.7 Å². The lowest BCUT2D eigenvalue weighted by Crippen LogP contribution is -2.17. The largest absolute Gasteiger partial charge is 0.494 e. The van der Waals surface area contributed by atoms with Crippen molar-refractivity contribution in [2.45, 2.75) is 52.6 Å². The van der Waals surface area contributed by atoms with Crippen LogP contribution in [0.1, 0.15) is 62.4 Å². The molecule has 2 rings (SSSR count). The predicted octanol–water partition coefficient (Wildman–Crippen LogP) is 7.01. The van der Waals surface area contributed by atoms with Gasteiger partial charge in [0.1, 0.15) is 11.5 Å². The average Bonchev–Trinajstić information content (AvgIpc) is 2.78. The van der Waals surface area contributed by atoms with Crippen LogP contribution >= 0.6 is 0 Å². The summed E-state index contributed by atoms with van der Waals surface area (Å²) >= 11 is 0. The standard InChI is InChI=1S/C27H31F3O5/c1-26(2,3)19-34-24(31)16-9-20-7-12-23(13-8-20)35-25(32)21-10-14-22(15-11-21)33-18-6-4-5-17-27(28,29)30/h7-16H,4-6,17-19H2,1-3H3. The van der Waals surface area contributed by atoms with E-state index in [0.717, 1.165) is 5.56 Å². The van der Waals surface area contributed by atoms with Gasteiger partial charge in [-0.05, 0) is 72.7 Å². The molecule has 0 atom stereocenters. The van der Waals surface area contributed by atoms with Crippen LogP contribution in [0.2, 0.25) is 0 Å². The molecule has 0 aliphatic heterocycles. The fraction of sp³-hybridized carbons (Fsp3) is 0.407. The highest BCUT2D eigenvalue weighted by atomic mass is 19.4. The van der Waals surface area contributed by atoms with Crippen LogP contribution in [0.15, 0.2) is 54.6 Å². The molecule has 2 aromatic carbocycles. The van der Waals surface area contributed by atoms with E-state index < -0.39 is 24.5 Å². The molecular weight excluding hydrogens is 461 g/mol. The van der Waals surface area contributed by atoms with Gasteiger partial charge in [-0.25, -0.2) is 9.59 Å². The summed E-state index contributed by atoms with van der Waals surface area (Å²) in [7, 11) is 0. The number of hydrogen-bond donors (Lipinski definition) is 0. The van der Waals surface area contributed by atoms with Crippen molar-refractivity contribution >= 4 is 18.0 Å². The molecule has 2 aromatic rings. The molecule has 0 aromatic heterocycles. The number of carbonyl (C=O) groups is 2. The SMILES string of the molecule is CC(C)(C)COC(=O)C=Cc1ccc(OC(=O)c2ccc(OCCCCCC(F)(F)F)cc2)cc1. The quantitative estimate of drug-likeness (QED) is 0.146. The molecule has 0 fully saturated rings. The lowest BCUT2D eigenvalue weighted by molar-refractivity contribution is -0.140. The number of esters is 2. The maximum Gasteiger partial charge on any atom is 0.389 e. The molecule has 0 heterocycles. The Kier molecular flexibility index (Phi) is 10.4. The molecule has 0 amide bonds. The number of benzene rings is 2. The first-order valence-corrected chi connectivity index (χ1v) is 11.4. The summed E-state index contributed by atoms with van der Waals surface area (Å²) in [6.45, 7) is 6.55. The van der Waals surface area contributed by atoms with Crippen LogP contribution in [0.3, 0.4) is 0 Å². The monoisotopic (exact) mass is 492 g/mol. The second kappa shape index (κ2) is 13.0. The highest BCUT2D eigenvalue weighted by Gasteiger charge is 2.25. The molecule has 0 unspecified atom stereocenters. The minimum Gasteiger partial charge on any atom is -0.494 e. The summed E-state index contributed by atoms with van der Waals surface area (Å²) in [5.74, 6) is -0.0989. The highest BCUT2D eigenvalue weighted by Crippen LogP contribution is 2.23. The first kappa shape index (κ1) is 28.0. The van der Waals surface area contributed by atoms with Gasteiger partial charge in [-0.1, -0.05) is 32.9 Å². The summed E-state index contributed by atoms with van der Waals surface area (Å²) < 4.78 is 52.4. The lowest BCUT2D eigenvalue weighted by atomic mass is 9.99. The Balaban J connectivity index is 1.76. The minimum atomic E-state index is -4.12. The summed E-state index contributed by atoms with van der Waals surface area (Å²) in [5, 5.41) is 0. The molecular formula is C27H31F3O5. The fourth-order valence-corrected chi connectivity index (χ4v) is 2.79. The normalized spacial score (nSPS) is 11.9. The Morgan fingerprint density at radius 1 is 0.857 bits per heavy atom. The zero-order valence-corrected chi connectivity index (χ0v) is 20.2. The van der Waals surface area contributed by atoms with Crippen LogP contribution in [0, 0.1) is 5.41 Å². The van der Waals surface area contributed by atoms with Crippen molar-refractivity contribution in [2.75, 3.05) is 13.2 Å². The molecule has 35 heavy (non-hydrogen) atoms. The number of unbranched alkanes of at least 4 members (excludes halogenated alkanes) is 2. The van der Waals surface area contributed by atoms with E-state index in [1.54, 1.807) is 54.6 Å².